The average molecular weight is 405 g/mol. The summed E-state index contributed by atoms with van der Waals surface area (Å²) in [6, 6.07) is 19.8. The van der Waals surface area contributed by atoms with E-state index in [1.165, 1.54) is 0 Å². The molecule has 2 N–H and O–H groups in total. The Bertz CT molecular complexity index is 1130. The summed E-state index contributed by atoms with van der Waals surface area (Å²) in [6.45, 7) is 0. The van der Waals surface area contributed by atoms with E-state index in [1.54, 1.807) is 48.5 Å². The van der Waals surface area contributed by atoms with Crippen LogP contribution in [0.5, 0.6) is 0 Å². The van der Waals surface area contributed by atoms with E-state index in [2.05, 4.69) is 11.1 Å². The number of pyridine rings is 1. The number of Topliss-reactive ketones (excluding diaryl/α,β-unsaturated/α-hetero) is 1. The maximum absolute atomic E-state index is 12.4. The monoisotopic (exact) mass is 404 g/mol. The van der Waals surface area contributed by atoms with Gasteiger partial charge >= 0.3 is 0 Å². The number of aromatic nitrogens is 1. The number of thioether (sulfide) groups is 1. The molecule has 7 heteroatoms. The van der Waals surface area contributed by atoms with Crippen molar-refractivity contribution in [2.75, 3.05) is 11.5 Å². The minimum absolute atomic E-state index is 0.00568. The molecule has 0 aliphatic carbocycles. The number of benzene rings is 2. The summed E-state index contributed by atoms with van der Waals surface area (Å²) in [7, 11) is 0. The Morgan fingerprint density at radius 1 is 1.07 bits per heavy atom. The number of ketones is 1. The van der Waals surface area contributed by atoms with E-state index < -0.39 is 0 Å². The molecule has 0 spiro atoms. The fourth-order valence-corrected chi connectivity index (χ4v) is 3.76. The van der Waals surface area contributed by atoms with Crippen molar-refractivity contribution in [2.45, 2.75) is 5.03 Å². The van der Waals surface area contributed by atoms with Gasteiger partial charge < -0.3 is 5.73 Å². The third kappa shape index (κ3) is 3.99. The Morgan fingerprint density at radius 2 is 1.79 bits per heavy atom. The van der Waals surface area contributed by atoms with Crippen molar-refractivity contribution in [1.29, 1.82) is 10.5 Å². The molecule has 136 valence electrons. The summed E-state index contributed by atoms with van der Waals surface area (Å²) in [6.07, 6.45) is 0. The van der Waals surface area contributed by atoms with E-state index in [4.69, 9.17) is 17.3 Å². The van der Waals surface area contributed by atoms with Crippen molar-refractivity contribution in [2.24, 2.45) is 0 Å². The zero-order valence-electron chi connectivity index (χ0n) is 14.5. The number of anilines is 1. The quantitative estimate of drug-likeness (QED) is 0.488. The van der Waals surface area contributed by atoms with Crippen LogP contribution in [0.2, 0.25) is 5.02 Å². The minimum atomic E-state index is -0.0940. The van der Waals surface area contributed by atoms with Crippen molar-refractivity contribution >= 4 is 35.0 Å². The number of rotatable bonds is 5. The van der Waals surface area contributed by atoms with Crippen LogP contribution in [0.1, 0.15) is 21.5 Å². The molecule has 3 rings (SSSR count). The van der Waals surface area contributed by atoms with E-state index >= 15 is 0 Å². The third-order valence-corrected chi connectivity index (χ3v) is 5.18. The zero-order valence-corrected chi connectivity index (χ0v) is 16.1. The number of carbonyl (C=O) groups is 1. The molecular weight excluding hydrogens is 392 g/mol. The normalized spacial score (nSPS) is 10.1. The number of nitrogens with two attached hydrogens (primary N) is 1. The van der Waals surface area contributed by atoms with E-state index in [0.29, 0.717) is 26.7 Å². The van der Waals surface area contributed by atoms with Crippen LogP contribution in [-0.4, -0.2) is 16.5 Å². The second kappa shape index (κ2) is 8.58. The van der Waals surface area contributed by atoms with Crippen LogP contribution in [0.25, 0.3) is 11.1 Å². The lowest BCUT2D eigenvalue weighted by molar-refractivity contribution is 0.102. The average Bonchev–Trinajstić information content (AvgIpc) is 2.72. The minimum Gasteiger partial charge on any atom is -0.383 e. The summed E-state index contributed by atoms with van der Waals surface area (Å²) < 4.78 is 0. The molecule has 0 unspecified atom stereocenters. The molecule has 1 aromatic heterocycles. The topological polar surface area (TPSA) is 104 Å². The lowest BCUT2D eigenvalue weighted by Gasteiger charge is -2.13. The van der Waals surface area contributed by atoms with E-state index in [9.17, 15) is 15.3 Å². The van der Waals surface area contributed by atoms with Crippen LogP contribution in [0.3, 0.4) is 0 Å². The zero-order chi connectivity index (χ0) is 20.1. The summed E-state index contributed by atoms with van der Waals surface area (Å²) in [4.78, 5) is 16.6. The van der Waals surface area contributed by atoms with Gasteiger partial charge in [-0.05, 0) is 17.7 Å². The summed E-state index contributed by atoms with van der Waals surface area (Å²) >= 11 is 7.19. The maximum Gasteiger partial charge on any atom is 0.173 e. The first-order valence-corrected chi connectivity index (χ1v) is 9.52. The molecule has 0 aliphatic heterocycles. The summed E-state index contributed by atoms with van der Waals surface area (Å²) in [5.74, 6) is 0.00103. The first kappa shape index (κ1) is 19.4. The van der Waals surface area contributed by atoms with E-state index in [0.717, 1.165) is 11.8 Å². The highest BCUT2D eigenvalue weighted by molar-refractivity contribution is 8.00. The van der Waals surface area contributed by atoms with E-state index in [1.807, 2.05) is 12.1 Å². The maximum atomic E-state index is 12.4. The van der Waals surface area contributed by atoms with Gasteiger partial charge in [-0.1, -0.05) is 65.8 Å². The third-order valence-electron chi connectivity index (χ3n) is 3.96. The molecule has 0 radical (unpaired) electrons. The van der Waals surface area contributed by atoms with Crippen LogP contribution in [0.15, 0.2) is 59.6 Å². The van der Waals surface area contributed by atoms with Gasteiger partial charge in [-0.3, -0.25) is 4.79 Å². The molecule has 0 saturated heterocycles. The van der Waals surface area contributed by atoms with Crippen LogP contribution >= 0.6 is 23.4 Å². The number of nitriles is 2. The van der Waals surface area contributed by atoms with Crippen LogP contribution in [0, 0.1) is 22.7 Å². The van der Waals surface area contributed by atoms with Gasteiger partial charge in [0, 0.05) is 16.1 Å². The second-order valence-electron chi connectivity index (χ2n) is 5.74. The van der Waals surface area contributed by atoms with Crippen LogP contribution in [-0.2, 0) is 0 Å². The number of hydrogen-bond donors (Lipinski definition) is 1. The number of nitrogen functional groups attached to an aromatic ring is 1. The second-order valence-corrected chi connectivity index (χ2v) is 7.14. The first-order valence-electron chi connectivity index (χ1n) is 8.15. The van der Waals surface area contributed by atoms with Gasteiger partial charge in [0.25, 0.3) is 0 Å². The van der Waals surface area contributed by atoms with Gasteiger partial charge in [0.2, 0.25) is 0 Å². The largest absolute Gasteiger partial charge is 0.383 e. The van der Waals surface area contributed by atoms with Gasteiger partial charge in [0.15, 0.2) is 5.78 Å². The Kier molecular flexibility index (Phi) is 5.96. The SMILES string of the molecule is N#Cc1c(N)nc(SCC(=O)c2ccccc2)c(C#N)c1-c1cccc(Cl)c1. The highest BCUT2D eigenvalue weighted by Gasteiger charge is 2.21. The Labute approximate surface area is 171 Å². The molecule has 5 nitrogen and oxygen atoms in total. The fraction of sp³-hybridized carbons (Fsp3) is 0.0476. The molecule has 0 atom stereocenters. The fourth-order valence-electron chi connectivity index (χ4n) is 2.68. The van der Waals surface area contributed by atoms with Gasteiger partial charge in [-0.25, -0.2) is 4.98 Å². The van der Waals surface area contributed by atoms with Gasteiger partial charge in [0.1, 0.15) is 28.5 Å². The highest BCUT2D eigenvalue weighted by Crippen LogP contribution is 2.36. The number of carbonyl (C=O) groups excluding carboxylic acids is 1. The lowest BCUT2D eigenvalue weighted by Crippen LogP contribution is -2.06. The van der Waals surface area contributed by atoms with Gasteiger partial charge in [-0.15, -0.1) is 0 Å². The predicted octanol–water partition coefficient (Wildman–Crippen LogP) is 4.70. The molecular formula is C21H13ClN4OS. The molecule has 1 heterocycles. The van der Waals surface area contributed by atoms with Crippen molar-refractivity contribution in [1.82, 2.24) is 4.98 Å². The van der Waals surface area contributed by atoms with Gasteiger partial charge in [0.05, 0.1) is 11.3 Å². The molecule has 0 saturated carbocycles. The predicted molar refractivity (Wildman–Crippen MR) is 110 cm³/mol. The van der Waals surface area contributed by atoms with Crippen LogP contribution < -0.4 is 5.73 Å². The lowest BCUT2D eigenvalue weighted by atomic mass is 9.97. The molecule has 0 fully saturated rings. The van der Waals surface area contributed by atoms with E-state index in [-0.39, 0.29) is 28.5 Å². The molecule has 2 aromatic carbocycles. The summed E-state index contributed by atoms with van der Waals surface area (Å²) in [5, 5.41) is 20.1. The Balaban J connectivity index is 2.04. The smallest absolute Gasteiger partial charge is 0.173 e. The number of hydrogen-bond acceptors (Lipinski definition) is 6. The number of halogens is 1. The van der Waals surface area contributed by atoms with Gasteiger partial charge in [-0.2, -0.15) is 10.5 Å². The molecule has 0 aliphatic rings. The van der Waals surface area contributed by atoms with Crippen molar-refractivity contribution < 1.29 is 4.79 Å². The highest BCUT2D eigenvalue weighted by atomic mass is 35.5. The number of nitrogens with zero attached hydrogens (tertiary/aromatic N) is 3. The van der Waals surface area contributed by atoms with Crippen molar-refractivity contribution in [3.05, 3.63) is 76.3 Å². The van der Waals surface area contributed by atoms with Crippen LogP contribution in [0.4, 0.5) is 5.82 Å². The van der Waals surface area contributed by atoms with Crippen molar-refractivity contribution in [3.8, 4) is 23.3 Å². The molecule has 3 aromatic rings. The Hall–Kier alpha value is -3.32. The van der Waals surface area contributed by atoms with Crippen molar-refractivity contribution in [3.63, 3.8) is 0 Å². The standard InChI is InChI=1S/C21H13ClN4OS/c22-15-8-4-7-14(9-15)19-16(10-23)20(25)26-21(17(19)11-24)28-12-18(27)13-5-2-1-3-6-13/h1-9H,12H2,(H2,25,26). The molecule has 28 heavy (non-hydrogen) atoms. The molecule has 0 bridgehead atoms. The Morgan fingerprint density at radius 3 is 2.43 bits per heavy atom. The molecule has 0 amide bonds. The first-order chi connectivity index (χ1) is 13.5. The summed E-state index contributed by atoms with van der Waals surface area (Å²) in [5.41, 5.74) is 7.81.